The molecule has 2 aromatic heterocycles. The molecule has 0 bridgehead atoms. The average molecular weight is 1260 g/mol. The summed E-state index contributed by atoms with van der Waals surface area (Å²) in [4.78, 5) is 34.3. The van der Waals surface area contributed by atoms with Crippen molar-refractivity contribution in [1.29, 1.82) is 0 Å². The van der Waals surface area contributed by atoms with E-state index in [2.05, 4.69) is 90.2 Å². The molecule has 0 unspecified atom stereocenters. The van der Waals surface area contributed by atoms with Gasteiger partial charge >= 0.3 is 0 Å². The van der Waals surface area contributed by atoms with E-state index in [1.807, 2.05) is 193 Å². The Kier molecular flexibility index (Phi) is 21.1. The van der Waals surface area contributed by atoms with Gasteiger partial charge in [-0.25, -0.2) is 19.9 Å². The quantitative estimate of drug-likeness (QED) is 0.0755. The molecular weight excluding hydrogens is 1210 g/mol. The van der Waals surface area contributed by atoms with E-state index in [1.54, 1.807) is 37.5 Å². The number of fused-ring (bicyclic) bond motifs is 2. The number of hydrogen-bond acceptors (Lipinski definition) is 10. The standard InChI is InChI=1S/2C14H14N4.2C13H11N2.2Pt/c2*1-11(2)17-10-18(12-6-4-3-5-7-12)14-13(17)15-8-9-16-14;2*1-3-7-12(8-4-1)14-11-15-13-9-5-2-6-10-13;;/h2*3-6,8-11H,1-2H3;2*1-11H;;/q2*-2;2*-1;;. The first-order valence-electron chi connectivity index (χ1n) is 21.5. The summed E-state index contributed by atoms with van der Waals surface area (Å²) < 4.78 is 0. The van der Waals surface area contributed by atoms with Crippen LogP contribution in [0.15, 0.2) is 205 Å². The topological polar surface area (TPSA) is 117 Å². The molecule has 0 saturated carbocycles. The summed E-state index contributed by atoms with van der Waals surface area (Å²) >= 11 is 0. The minimum Gasteiger partial charge on any atom is -0.483 e. The number of aromatic nitrogens is 4. The number of benzene rings is 6. The number of rotatable bonds is 10. The van der Waals surface area contributed by atoms with Gasteiger partial charge in [-0.2, -0.15) is 60.7 Å². The summed E-state index contributed by atoms with van der Waals surface area (Å²) in [5.41, 5.74) is 5.61. The SMILES string of the molecule is C(=Nc1ccccc1)[N-]c1ccccc1.C(=Nc1ccccc1)[N-]c1ccccc1.CC(C)N1[CH-]N(c2[c-]cccc2)c2nccnc21.CC(C)N1[CH-]N(c2[c-]cccc2)c2nccnc21.[Pt].[Pt]. The average Bonchev–Trinajstić information content (AvgIpc) is 3.97. The maximum absolute atomic E-state index is 4.42. The van der Waals surface area contributed by atoms with Crippen molar-refractivity contribution < 1.29 is 42.1 Å². The van der Waals surface area contributed by atoms with E-state index in [0.29, 0.717) is 12.1 Å². The summed E-state index contributed by atoms with van der Waals surface area (Å²) in [6, 6.07) is 61.9. The van der Waals surface area contributed by atoms with E-state index in [1.165, 1.54) is 0 Å². The Morgan fingerprint density at radius 2 is 0.765 bits per heavy atom. The van der Waals surface area contributed by atoms with Gasteiger partial charge in [0, 0.05) is 66.9 Å². The molecule has 68 heavy (non-hydrogen) atoms. The van der Waals surface area contributed by atoms with Crippen LogP contribution in [0, 0.1) is 25.5 Å². The summed E-state index contributed by atoms with van der Waals surface area (Å²) in [6.45, 7) is 12.6. The van der Waals surface area contributed by atoms with Crippen LogP contribution in [0.5, 0.6) is 0 Å². The molecule has 0 amide bonds. The van der Waals surface area contributed by atoms with Crippen LogP contribution in [0.2, 0.25) is 0 Å². The van der Waals surface area contributed by atoms with Crippen LogP contribution >= 0.6 is 0 Å². The van der Waals surface area contributed by atoms with Crippen LogP contribution in [0.25, 0.3) is 10.6 Å². The molecule has 0 saturated heterocycles. The van der Waals surface area contributed by atoms with Gasteiger partial charge in [0.15, 0.2) is 0 Å². The molecule has 0 fully saturated rings. The predicted molar refractivity (Wildman–Crippen MR) is 271 cm³/mol. The second-order valence-corrected chi connectivity index (χ2v) is 15.0. The first-order chi connectivity index (χ1) is 32.4. The van der Waals surface area contributed by atoms with Crippen LogP contribution in [0.1, 0.15) is 27.7 Å². The van der Waals surface area contributed by atoms with E-state index in [9.17, 15) is 0 Å². The fourth-order valence-electron chi connectivity index (χ4n) is 6.37. The molecule has 2 aliphatic rings. The van der Waals surface area contributed by atoms with Crippen LogP contribution in [0.4, 0.5) is 57.4 Å². The zero-order valence-corrected chi connectivity index (χ0v) is 42.5. The fourth-order valence-corrected chi connectivity index (χ4v) is 6.37. The Labute approximate surface area is 429 Å². The Hall–Kier alpha value is -7.00. The van der Waals surface area contributed by atoms with Gasteiger partial charge in [0.1, 0.15) is 23.3 Å². The van der Waals surface area contributed by atoms with E-state index in [4.69, 9.17) is 0 Å². The van der Waals surface area contributed by atoms with E-state index in [-0.39, 0.29) is 42.1 Å². The number of hydrogen-bond donors (Lipinski definition) is 0. The van der Waals surface area contributed by atoms with Gasteiger partial charge in [0.05, 0.1) is 0 Å². The van der Waals surface area contributed by atoms with E-state index < -0.39 is 0 Å². The van der Waals surface area contributed by atoms with Crippen molar-refractivity contribution in [3.05, 3.63) is 231 Å². The second kappa shape index (κ2) is 27.6. The smallest absolute Gasteiger partial charge is 0.144 e. The number of nitrogens with zero attached hydrogens (tertiary/aromatic N) is 12. The van der Waals surface area contributed by atoms with Crippen LogP contribution in [0.3, 0.4) is 0 Å². The summed E-state index contributed by atoms with van der Waals surface area (Å²) in [5, 5.41) is 8.42. The van der Waals surface area contributed by atoms with Crippen molar-refractivity contribution >= 4 is 70.1 Å². The van der Waals surface area contributed by atoms with Crippen LogP contribution in [-0.4, -0.2) is 44.7 Å². The molecular formula is C54H50N12Pt2-6. The largest absolute Gasteiger partial charge is 0.483 e. The van der Waals surface area contributed by atoms with Gasteiger partial charge < -0.3 is 40.2 Å². The summed E-state index contributed by atoms with van der Waals surface area (Å²) in [7, 11) is 0. The van der Waals surface area contributed by atoms with Gasteiger partial charge in [-0.3, -0.25) is 0 Å². The maximum Gasteiger partial charge on any atom is 0.144 e. The molecule has 6 aromatic carbocycles. The molecule has 0 atom stereocenters. The molecule has 0 spiro atoms. The minimum atomic E-state index is 0. The number of anilines is 6. The van der Waals surface area contributed by atoms with Gasteiger partial charge in [0.2, 0.25) is 0 Å². The Morgan fingerprint density at radius 1 is 0.441 bits per heavy atom. The first-order valence-corrected chi connectivity index (χ1v) is 21.5. The van der Waals surface area contributed by atoms with Gasteiger partial charge in [-0.15, -0.1) is 24.7 Å². The Balaban J connectivity index is 0.000000168. The zero-order valence-electron chi connectivity index (χ0n) is 37.9. The number of para-hydroxylation sites is 6. The van der Waals surface area contributed by atoms with Crippen molar-refractivity contribution in [2.45, 2.75) is 39.8 Å². The van der Waals surface area contributed by atoms with Crippen molar-refractivity contribution in [2.24, 2.45) is 9.98 Å². The third kappa shape index (κ3) is 15.0. The van der Waals surface area contributed by atoms with Crippen molar-refractivity contribution in [1.82, 2.24) is 19.9 Å². The Morgan fingerprint density at radius 3 is 1.09 bits per heavy atom. The second-order valence-electron chi connectivity index (χ2n) is 15.0. The molecule has 2 aliphatic heterocycles. The normalized spacial score (nSPS) is 12.1. The van der Waals surface area contributed by atoms with Crippen LogP contribution < -0.4 is 19.6 Å². The molecule has 0 N–H and O–H groups in total. The maximum atomic E-state index is 4.42. The summed E-state index contributed by atoms with van der Waals surface area (Å²) in [6.07, 6.45) is 10.0. The Bertz CT molecular complexity index is 2490. The molecule has 14 heteroatoms. The van der Waals surface area contributed by atoms with Gasteiger partial charge in [-0.05, 0) is 62.5 Å². The fraction of sp³-hybridized carbons (Fsp3) is 0.111. The van der Waals surface area contributed by atoms with Crippen molar-refractivity contribution in [2.75, 3.05) is 19.6 Å². The van der Waals surface area contributed by atoms with E-state index >= 15 is 0 Å². The molecule has 8 aromatic rings. The first kappa shape index (κ1) is 52.0. The monoisotopic (exact) mass is 1260 g/mol. The molecule has 10 rings (SSSR count). The zero-order chi connectivity index (χ0) is 45.8. The van der Waals surface area contributed by atoms with Crippen molar-refractivity contribution in [3.8, 4) is 0 Å². The molecule has 352 valence electrons. The molecule has 4 heterocycles. The van der Waals surface area contributed by atoms with Gasteiger partial charge in [-0.1, -0.05) is 134 Å². The van der Waals surface area contributed by atoms with Gasteiger partial charge in [0.25, 0.3) is 0 Å². The van der Waals surface area contributed by atoms with Crippen molar-refractivity contribution in [3.63, 3.8) is 0 Å². The molecule has 0 aliphatic carbocycles. The number of aliphatic imine (C=N–C) groups is 2. The predicted octanol–water partition coefficient (Wildman–Crippen LogP) is 13.6. The molecule has 0 radical (unpaired) electrons. The van der Waals surface area contributed by atoms with Crippen LogP contribution in [-0.2, 0) is 42.1 Å². The third-order valence-corrected chi connectivity index (χ3v) is 9.61. The minimum absolute atomic E-state index is 0. The summed E-state index contributed by atoms with van der Waals surface area (Å²) in [5.74, 6) is 3.50. The third-order valence-electron chi connectivity index (χ3n) is 9.61. The molecule has 12 nitrogen and oxygen atoms in total. The van der Waals surface area contributed by atoms with E-state index in [0.717, 1.165) is 57.4 Å².